The van der Waals surface area contributed by atoms with Gasteiger partial charge in [0.15, 0.2) is 0 Å². The molecule has 0 aliphatic carbocycles. The van der Waals surface area contributed by atoms with Gasteiger partial charge in [0.1, 0.15) is 0 Å². The largest absolute Gasteiger partial charge is 0.315 e. The van der Waals surface area contributed by atoms with Crippen LogP contribution in [-0.4, -0.2) is 37.6 Å². The molecule has 0 spiro atoms. The van der Waals surface area contributed by atoms with Gasteiger partial charge >= 0.3 is 0 Å². The molecule has 0 radical (unpaired) electrons. The van der Waals surface area contributed by atoms with E-state index in [4.69, 9.17) is 0 Å². The van der Waals surface area contributed by atoms with Gasteiger partial charge in [-0.3, -0.25) is 0 Å². The van der Waals surface area contributed by atoms with Crippen LogP contribution >= 0.6 is 0 Å². The molecule has 2 heteroatoms. The number of nitrogens with one attached hydrogen (secondary N) is 1. The fourth-order valence-electron chi connectivity index (χ4n) is 3.31. The van der Waals surface area contributed by atoms with Crippen LogP contribution < -0.4 is 5.32 Å². The lowest BCUT2D eigenvalue weighted by molar-refractivity contribution is 0.0646. The second-order valence-corrected chi connectivity index (χ2v) is 5.24. The monoisotopic (exact) mass is 228 g/mol. The third-order valence-corrected chi connectivity index (χ3v) is 4.32. The third-order valence-electron chi connectivity index (χ3n) is 4.32. The normalized spacial score (nSPS) is 16.5. The van der Waals surface area contributed by atoms with E-state index in [-0.39, 0.29) is 0 Å². The summed E-state index contributed by atoms with van der Waals surface area (Å²) in [6.45, 7) is 9.28. The Balaban J connectivity index is 4.97. The van der Waals surface area contributed by atoms with E-state index in [2.05, 4.69) is 59.1 Å². The molecule has 0 aromatic rings. The minimum atomic E-state index is 0.295. The second-order valence-electron chi connectivity index (χ2n) is 5.24. The van der Waals surface area contributed by atoms with E-state index in [9.17, 15) is 0 Å². The van der Waals surface area contributed by atoms with Gasteiger partial charge in [0.2, 0.25) is 0 Å². The van der Waals surface area contributed by atoms with E-state index in [1.165, 1.54) is 25.7 Å². The summed E-state index contributed by atoms with van der Waals surface area (Å²) in [6, 6.07) is 0.581. The first kappa shape index (κ1) is 15.9. The van der Waals surface area contributed by atoms with E-state index >= 15 is 0 Å². The fourth-order valence-corrected chi connectivity index (χ4v) is 3.31. The highest BCUT2D eigenvalue weighted by atomic mass is 15.2. The third kappa shape index (κ3) is 3.21. The molecule has 0 aromatic carbocycles. The van der Waals surface area contributed by atoms with Gasteiger partial charge in [0.05, 0.1) is 0 Å². The van der Waals surface area contributed by atoms with E-state index in [1.54, 1.807) is 0 Å². The van der Waals surface area contributed by atoms with Gasteiger partial charge < -0.3 is 10.2 Å². The molecule has 98 valence electrons. The summed E-state index contributed by atoms with van der Waals surface area (Å²) in [7, 11) is 6.55. The highest BCUT2D eigenvalue weighted by molar-refractivity contribution is 4.98. The van der Waals surface area contributed by atoms with Crippen molar-refractivity contribution in [2.24, 2.45) is 5.92 Å². The molecule has 0 aromatic heterocycles. The molecule has 0 aliphatic rings. The number of hydrogen-bond acceptors (Lipinski definition) is 2. The Bertz CT molecular complexity index is 174. The Morgan fingerprint density at radius 3 is 1.88 bits per heavy atom. The van der Waals surface area contributed by atoms with E-state index < -0.39 is 0 Å². The predicted molar refractivity (Wildman–Crippen MR) is 73.9 cm³/mol. The topological polar surface area (TPSA) is 15.3 Å². The lowest BCUT2D eigenvalue weighted by Crippen LogP contribution is -2.60. The molecule has 16 heavy (non-hydrogen) atoms. The minimum Gasteiger partial charge on any atom is -0.315 e. The van der Waals surface area contributed by atoms with Crippen LogP contribution in [0, 0.1) is 5.92 Å². The number of hydrogen-bond donors (Lipinski definition) is 1. The molecular weight excluding hydrogens is 196 g/mol. The maximum Gasteiger partial charge on any atom is 0.0353 e. The molecule has 0 saturated heterocycles. The summed E-state index contributed by atoms with van der Waals surface area (Å²) >= 11 is 0. The van der Waals surface area contributed by atoms with E-state index in [1.807, 2.05) is 0 Å². The Hall–Kier alpha value is -0.0800. The first-order valence-corrected chi connectivity index (χ1v) is 6.84. The van der Waals surface area contributed by atoms with Crippen molar-refractivity contribution in [3.63, 3.8) is 0 Å². The Labute approximate surface area is 103 Å². The smallest absolute Gasteiger partial charge is 0.0353 e. The van der Waals surface area contributed by atoms with Gasteiger partial charge in [-0.05, 0) is 46.3 Å². The van der Waals surface area contributed by atoms with Crippen molar-refractivity contribution >= 4 is 0 Å². The lowest BCUT2D eigenvalue weighted by atomic mass is 9.76. The van der Waals surface area contributed by atoms with Gasteiger partial charge in [-0.2, -0.15) is 0 Å². The zero-order valence-corrected chi connectivity index (χ0v) is 12.4. The van der Waals surface area contributed by atoms with Crippen LogP contribution in [-0.2, 0) is 0 Å². The molecule has 0 bridgehead atoms. The van der Waals surface area contributed by atoms with Gasteiger partial charge in [-0.1, -0.05) is 34.1 Å². The van der Waals surface area contributed by atoms with Crippen LogP contribution in [0.4, 0.5) is 0 Å². The van der Waals surface area contributed by atoms with Crippen molar-refractivity contribution in [2.45, 2.75) is 65.0 Å². The molecule has 2 unspecified atom stereocenters. The van der Waals surface area contributed by atoms with Crippen molar-refractivity contribution in [1.29, 1.82) is 0 Å². The number of nitrogens with zero attached hydrogens (tertiary/aromatic N) is 1. The summed E-state index contributed by atoms with van der Waals surface area (Å²) in [5, 5.41) is 3.57. The predicted octanol–water partition coefficient (Wildman–Crippen LogP) is 3.13. The van der Waals surface area contributed by atoms with Crippen molar-refractivity contribution in [3.05, 3.63) is 0 Å². The van der Waals surface area contributed by atoms with E-state index in [0.29, 0.717) is 11.6 Å². The standard InChI is InChI=1S/C14H32N2/c1-8-11-12(4)13(15-5)14(9-2,10-3)16(6)7/h12-13,15H,8-11H2,1-7H3. The SMILES string of the molecule is CCCC(C)C(NC)C(CC)(CC)N(C)C. The molecule has 0 heterocycles. The summed E-state index contributed by atoms with van der Waals surface area (Å²) in [5.74, 6) is 0.734. The maximum atomic E-state index is 3.57. The van der Waals surface area contributed by atoms with Crippen molar-refractivity contribution < 1.29 is 0 Å². The molecule has 2 nitrogen and oxygen atoms in total. The van der Waals surface area contributed by atoms with Crippen molar-refractivity contribution in [3.8, 4) is 0 Å². The highest BCUT2D eigenvalue weighted by Crippen LogP contribution is 2.31. The molecular formula is C14H32N2. The molecule has 1 N–H and O–H groups in total. The zero-order valence-electron chi connectivity index (χ0n) is 12.4. The Kier molecular flexibility index (Phi) is 7.25. The van der Waals surface area contributed by atoms with Gasteiger partial charge in [0.25, 0.3) is 0 Å². The van der Waals surface area contributed by atoms with Gasteiger partial charge in [-0.15, -0.1) is 0 Å². The van der Waals surface area contributed by atoms with E-state index in [0.717, 1.165) is 5.92 Å². The maximum absolute atomic E-state index is 3.57. The van der Waals surface area contributed by atoms with Crippen LogP contribution in [0.5, 0.6) is 0 Å². The quantitative estimate of drug-likeness (QED) is 0.686. The molecule has 2 atom stereocenters. The first-order valence-electron chi connectivity index (χ1n) is 6.84. The molecule has 0 fully saturated rings. The number of rotatable bonds is 8. The van der Waals surface area contributed by atoms with Crippen molar-refractivity contribution in [2.75, 3.05) is 21.1 Å². The summed E-state index contributed by atoms with van der Waals surface area (Å²) < 4.78 is 0. The first-order chi connectivity index (χ1) is 7.49. The average Bonchev–Trinajstić information content (AvgIpc) is 2.25. The molecule has 0 aliphatic heterocycles. The highest BCUT2D eigenvalue weighted by Gasteiger charge is 2.39. The molecule has 0 saturated carbocycles. The zero-order chi connectivity index (χ0) is 12.8. The second kappa shape index (κ2) is 7.29. The average molecular weight is 228 g/mol. The van der Waals surface area contributed by atoms with Gasteiger partial charge in [-0.25, -0.2) is 0 Å². The molecule has 0 amide bonds. The van der Waals surface area contributed by atoms with Crippen LogP contribution in [0.1, 0.15) is 53.4 Å². The Morgan fingerprint density at radius 2 is 1.62 bits per heavy atom. The minimum absolute atomic E-state index is 0.295. The summed E-state index contributed by atoms with van der Waals surface area (Å²) in [5.41, 5.74) is 0.295. The Morgan fingerprint density at radius 1 is 1.12 bits per heavy atom. The van der Waals surface area contributed by atoms with Crippen LogP contribution in [0.15, 0.2) is 0 Å². The number of likely N-dealkylation sites (N-methyl/N-ethyl adjacent to an activating group) is 2. The fraction of sp³-hybridized carbons (Fsp3) is 1.00. The lowest BCUT2D eigenvalue weighted by Gasteiger charge is -2.47. The van der Waals surface area contributed by atoms with Crippen LogP contribution in [0.3, 0.4) is 0 Å². The molecule has 0 rings (SSSR count). The van der Waals surface area contributed by atoms with Gasteiger partial charge in [0, 0.05) is 11.6 Å². The summed E-state index contributed by atoms with van der Waals surface area (Å²) in [4.78, 5) is 2.42. The summed E-state index contributed by atoms with van der Waals surface area (Å²) in [6.07, 6.45) is 4.99. The van der Waals surface area contributed by atoms with Crippen LogP contribution in [0.2, 0.25) is 0 Å². The van der Waals surface area contributed by atoms with Crippen molar-refractivity contribution in [1.82, 2.24) is 10.2 Å². The van der Waals surface area contributed by atoms with Crippen LogP contribution in [0.25, 0.3) is 0 Å².